The van der Waals surface area contributed by atoms with Crippen molar-refractivity contribution in [3.05, 3.63) is 46.3 Å². The van der Waals surface area contributed by atoms with Gasteiger partial charge in [0.1, 0.15) is 23.2 Å². The summed E-state index contributed by atoms with van der Waals surface area (Å²) < 4.78 is 37.4. The molecule has 0 spiro atoms. The third-order valence-electron chi connectivity index (χ3n) is 4.30. The molecule has 0 bridgehead atoms. The van der Waals surface area contributed by atoms with Gasteiger partial charge in [0, 0.05) is 11.6 Å². The summed E-state index contributed by atoms with van der Waals surface area (Å²) in [5, 5.41) is 4.29. The number of aromatic nitrogens is 1. The largest absolute Gasteiger partial charge is 0.460 e. The Labute approximate surface area is 156 Å². The number of nitrogens with zero attached hydrogens (tertiary/aromatic N) is 2. The Morgan fingerprint density at radius 1 is 1.35 bits per heavy atom. The van der Waals surface area contributed by atoms with Crippen molar-refractivity contribution < 1.29 is 22.5 Å². The van der Waals surface area contributed by atoms with Crippen LogP contribution < -0.4 is 0 Å². The first-order valence-electron chi connectivity index (χ1n) is 8.16. The van der Waals surface area contributed by atoms with Crippen LogP contribution in [0.1, 0.15) is 29.9 Å². The number of halogens is 1. The highest BCUT2D eigenvalue weighted by atomic mass is 35.5. The van der Waals surface area contributed by atoms with Crippen LogP contribution in [0.5, 0.6) is 0 Å². The summed E-state index contributed by atoms with van der Waals surface area (Å²) >= 11 is 5.83. The predicted molar refractivity (Wildman–Crippen MR) is 94.1 cm³/mol. The van der Waals surface area contributed by atoms with Crippen molar-refractivity contribution in [2.45, 2.75) is 44.2 Å². The molecule has 1 fully saturated rings. The van der Waals surface area contributed by atoms with Crippen molar-refractivity contribution in [2.75, 3.05) is 6.54 Å². The van der Waals surface area contributed by atoms with Gasteiger partial charge < -0.3 is 9.26 Å². The fraction of sp³-hybridized carbons (Fsp3) is 0.412. The normalized spacial score (nSPS) is 18.2. The van der Waals surface area contributed by atoms with E-state index in [2.05, 4.69) is 5.16 Å². The highest BCUT2D eigenvalue weighted by Crippen LogP contribution is 2.30. The van der Waals surface area contributed by atoms with Gasteiger partial charge in [-0.25, -0.2) is 8.42 Å². The van der Waals surface area contributed by atoms with Gasteiger partial charge in [-0.05, 0) is 44.4 Å². The van der Waals surface area contributed by atoms with E-state index >= 15 is 0 Å². The third kappa shape index (κ3) is 3.62. The highest BCUT2D eigenvalue weighted by molar-refractivity contribution is 7.89. The van der Waals surface area contributed by atoms with E-state index in [-0.39, 0.29) is 29.5 Å². The topological polar surface area (TPSA) is 89.7 Å². The van der Waals surface area contributed by atoms with Gasteiger partial charge in [0.2, 0.25) is 10.0 Å². The molecule has 0 radical (unpaired) electrons. The van der Waals surface area contributed by atoms with Gasteiger partial charge in [0.05, 0.1) is 0 Å². The zero-order valence-corrected chi connectivity index (χ0v) is 16.0. The number of esters is 1. The van der Waals surface area contributed by atoms with E-state index in [4.69, 9.17) is 20.9 Å². The predicted octanol–water partition coefficient (Wildman–Crippen LogP) is 2.84. The lowest BCUT2D eigenvalue weighted by atomic mass is 10.2. The number of carbonyl (C=O) groups excluding carboxylic acids is 1. The maximum absolute atomic E-state index is 13.0. The smallest absolute Gasteiger partial charge is 0.324 e. The summed E-state index contributed by atoms with van der Waals surface area (Å²) in [6.45, 7) is 3.42. The van der Waals surface area contributed by atoms with Gasteiger partial charge in [-0.3, -0.25) is 4.79 Å². The van der Waals surface area contributed by atoms with Crippen LogP contribution in [0.3, 0.4) is 0 Å². The molecule has 3 rings (SSSR count). The number of hydrogen-bond donors (Lipinski definition) is 0. The van der Waals surface area contributed by atoms with Crippen LogP contribution in [-0.2, 0) is 26.2 Å². The number of hydrogen-bond acceptors (Lipinski definition) is 6. The molecule has 26 heavy (non-hydrogen) atoms. The maximum atomic E-state index is 13.0. The van der Waals surface area contributed by atoms with Crippen molar-refractivity contribution in [1.29, 1.82) is 0 Å². The quantitative estimate of drug-likeness (QED) is 0.719. The van der Waals surface area contributed by atoms with Crippen molar-refractivity contribution in [3.63, 3.8) is 0 Å². The Bertz CT molecular complexity index is 888. The number of rotatable bonds is 5. The van der Waals surface area contributed by atoms with Crippen LogP contribution in [-0.4, -0.2) is 36.4 Å². The Morgan fingerprint density at radius 2 is 2.04 bits per heavy atom. The molecule has 0 aliphatic carbocycles. The summed E-state index contributed by atoms with van der Waals surface area (Å²) in [7, 11) is -3.88. The fourth-order valence-electron chi connectivity index (χ4n) is 3.05. The SMILES string of the molecule is Cc1noc(C)c1S(=O)(=O)N1CCC[C@H]1C(=O)OCc1ccc(Cl)cc1. The van der Waals surface area contributed by atoms with E-state index in [0.717, 1.165) is 5.56 Å². The van der Waals surface area contributed by atoms with Crippen LogP contribution >= 0.6 is 11.6 Å². The molecule has 1 saturated heterocycles. The molecule has 0 N–H and O–H groups in total. The Morgan fingerprint density at radius 3 is 2.65 bits per heavy atom. The van der Waals surface area contributed by atoms with Crippen LogP contribution in [0, 0.1) is 13.8 Å². The second-order valence-electron chi connectivity index (χ2n) is 6.16. The molecule has 1 aromatic carbocycles. The lowest BCUT2D eigenvalue weighted by Crippen LogP contribution is -2.41. The van der Waals surface area contributed by atoms with Crippen LogP contribution in [0.15, 0.2) is 33.7 Å². The molecule has 1 aliphatic rings. The molecule has 0 unspecified atom stereocenters. The second kappa shape index (κ2) is 7.38. The Kier molecular flexibility index (Phi) is 5.36. The molecule has 7 nitrogen and oxygen atoms in total. The van der Waals surface area contributed by atoms with Crippen molar-refractivity contribution in [3.8, 4) is 0 Å². The minimum atomic E-state index is -3.88. The van der Waals surface area contributed by atoms with Gasteiger partial charge in [0.15, 0.2) is 5.76 Å². The molecule has 140 valence electrons. The number of carbonyl (C=O) groups is 1. The minimum absolute atomic E-state index is 0.0231. The summed E-state index contributed by atoms with van der Waals surface area (Å²) in [4.78, 5) is 12.5. The number of sulfonamides is 1. The lowest BCUT2D eigenvalue weighted by molar-refractivity contribution is -0.148. The summed E-state index contributed by atoms with van der Waals surface area (Å²) in [6, 6.07) is 6.06. The molecule has 1 atom stereocenters. The standard InChI is InChI=1S/C17H19ClN2O5S/c1-11-16(12(2)25-19-11)26(22,23)20-9-3-4-15(20)17(21)24-10-13-5-7-14(18)8-6-13/h5-8,15H,3-4,9-10H2,1-2H3/t15-/m0/s1. The van der Waals surface area contributed by atoms with E-state index in [9.17, 15) is 13.2 Å². The number of benzene rings is 1. The van der Waals surface area contributed by atoms with Gasteiger partial charge in [-0.15, -0.1) is 0 Å². The molecule has 0 amide bonds. The lowest BCUT2D eigenvalue weighted by Gasteiger charge is -2.22. The van der Waals surface area contributed by atoms with Gasteiger partial charge in [-0.1, -0.05) is 28.9 Å². The summed E-state index contributed by atoms with van der Waals surface area (Å²) in [6.07, 6.45) is 1.01. The summed E-state index contributed by atoms with van der Waals surface area (Å²) in [5.41, 5.74) is 1.06. The highest BCUT2D eigenvalue weighted by Gasteiger charge is 2.42. The molecule has 1 aromatic heterocycles. The van der Waals surface area contributed by atoms with Crippen molar-refractivity contribution >= 4 is 27.6 Å². The molecular weight excluding hydrogens is 380 g/mol. The summed E-state index contributed by atoms with van der Waals surface area (Å²) in [5.74, 6) is -0.351. The van der Waals surface area contributed by atoms with Crippen molar-refractivity contribution in [2.24, 2.45) is 0 Å². The molecule has 9 heteroatoms. The molecule has 0 saturated carbocycles. The van der Waals surface area contributed by atoms with E-state index in [1.54, 1.807) is 31.2 Å². The zero-order valence-electron chi connectivity index (χ0n) is 14.4. The first-order valence-corrected chi connectivity index (χ1v) is 9.98. The number of ether oxygens (including phenoxy) is 1. The average molecular weight is 399 g/mol. The van der Waals surface area contributed by atoms with Gasteiger partial charge >= 0.3 is 5.97 Å². The minimum Gasteiger partial charge on any atom is -0.460 e. The number of aryl methyl sites for hydroxylation is 2. The van der Waals surface area contributed by atoms with Gasteiger partial charge in [0.25, 0.3) is 0 Å². The van der Waals surface area contributed by atoms with E-state index in [1.165, 1.54) is 11.2 Å². The Hall–Kier alpha value is -1.90. The van der Waals surface area contributed by atoms with Crippen LogP contribution in [0.4, 0.5) is 0 Å². The first-order chi connectivity index (χ1) is 12.3. The fourth-order valence-corrected chi connectivity index (χ4v) is 5.12. The van der Waals surface area contributed by atoms with Crippen molar-refractivity contribution in [1.82, 2.24) is 9.46 Å². The second-order valence-corrected chi connectivity index (χ2v) is 8.43. The molecular formula is C17H19ClN2O5S. The average Bonchev–Trinajstić information content (AvgIpc) is 3.21. The van der Waals surface area contributed by atoms with E-state index in [1.807, 2.05) is 0 Å². The monoisotopic (exact) mass is 398 g/mol. The van der Waals surface area contributed by atoms with Gasteiger partial charge in [-0.2, -0.15) is 4.31 Å². The molecule has 1 aliphatic heterocycles. The van der Waals surface area contributed by atoms with E-state index in [0.29, 0.717) is 17.9 Å². The maximum Gasteiger partial charge on any atom is 0.324 e. The third-order valence-corrected chi connectivity index (χ3v) is 6.71. The zero-order chi connectivity index (χ0) is 18.9. The van der Waals surface area contributed by atoms with Crippen LogP contribution in [0.2, 0.25) is 5.02 Å². The Balaban J connectivity index is 1.75. The first kappa shape index (κ1) is 18.9. The van der Waals surface area contributed by atoms with E-state index < -0.39 is 22.0 Å². The molecule has 2 heterocycles. The molecule has 2 aromatic rings. The van der Waals surface area contributed by atoms with Crippen LogP contribution in [0.25, 0.3) is 0 Å².